The third kappa shape index (κ3) is 3.70. The number of carbonyl (C=O) groups excluding carboxylic acids is 1. The zero-order chi connectivity index (χ0) is 19.6. The normalized spacial score (nSPS) is 10.5. The Morgan fingerprint density at radius 1 is 1.33 bits per heavy atom. The molecule has 0 unspecified atom stereocenters. The molecule has 0 bridgehead atoms. The van der Waals surface area contributed by atoms with Gasteiger partial charge in [0.15, 0.2) is 12.2 Å². The van der Waals surface area contributed by atoms with Crippen molar-refractivity contribution in [2.45, 2.75) is 6.92 Å². The smallest absolute Gasteiger partial charge is 0.259 e. The molecule has 8 heteroatoms. The molecule has 4 N–H and O–H groups in total. The number of ether oxygens (including phenoxy) is 1. The molecule has 3 aromatic rings. The molecule has 0 atom stereocenters. The Labute approximate surface area is 164 Å². The molecule has 0 saturated carbocycles. The van der Waals surface area contributed by atoms with Crippen LogP contribution in [0.2, 0.25) is 0 Å². The average molecular weight is 429 g/mol. The van der Waals surface area contributed by atoms with E-state index in [9.17, 15) is 4.79 Å². The summed E-state index contributed by atoms with van der Waals surface area (Å²) in [4.78, 5) is 16.6. The molecule has 7 nitrogen and oxygen atoms in total. The molecular weight excluding hydrogens is 412 g/mol. The van der Waals surface area contributed by atoms with Gasteiger partial charge >= 0.3 is 0 Å². The van der Waals surface area contributed by atoms with E-state index in [1.807, 2.05) is 19.1 Å². The van der Waals surface area contributed by atoms with Crippen molar-refractivity contribution in [3.8, 4) is 5.75 Å². The fourth-order valence-electron chi connectivity index (χ4n) is 2.65. The molecule has 0 aliphatic rings. The van der Waals surface area contributed by atoms with Gasteiger partial charge in [-0.15, -0.1) is 0 Å². The average Bonchev–Trinajstić information content (AvgIpc) is 3.19. The molecular formula is C19H17BrN4O3. The van der Waals surface area contributed by atoms with Crippen LogP contribution in [-0.2, 0) is 0 Å². The number of halogens is 1. The van der Waals surface area contributed by atoms with Crippen molar-refractivity contribution >= 4 is 38.9 Å². The first-order valence-corrected chi connectivity index (χ1v) is 8.73. The second-order valence-electron chi connectivity index (χ2n) is 5.77. The summed E-state index contributed by atoms with van der Waals surface area (Å²) in [7, 11) is 1.51. The minimum Gasteiger partial charge on any atom is -0.495 e. The summed E-state index contributed by atoms with van der Waals surface area (Å²) < 4.78 is 11.2. The summed E-state index contributed by atoms with van der Waals surface area (Å²) in [5, 5.41) is 11.1. The topological polar surface area (TPSA) is 114 Å². The third-order valence-corrected chi connectivity index (χ3v) is 4.63. The number of hydrogen-bond donors (Lipinski definition) is 3. The number of oxazole rings is 1. The lowest BCUT2D eigenvalue weighted by Gasteiger charge is -2.14. The van der Waals surface area contributed by atoms with Gasteiger partial charge in [-0.1, -0.05) is 6.07 Å². The molecule has 138 valence electrons. The van der Waals surface area contributed by atoms with Crippen LogP contribution in [0.5, 0.6) is 5.75 Å². The highest BCUT2D eigenvalue weighted by Gasteiger charge is 2.19. The fourth-order valence-corrected chi connectivity index (χ4v) is 3.15. The molecule has 3 rings (SSSR count). The van der Waals surface area contributed by atoms with Crippen molar-refractivity contribution in [3.05, 3.63) is 69.8 Å². The highest BCUT2D eigenvalue weighted by Crippen LogP contribution is 2.32. The van der Waals surface area contributed by atoms with Crippen LogP contribution in [0.4, 0.5) is 11.4 Å². The number of aromatic nitrogens is 1. The number of nitrogens with zero attached hydrogens (tertiary/aromatic N) is 1. The maximum Gasteiger partial charge on any atom is 0.259 e. The minimum absolute atomic E-state index is 0.0808. The molecule has 2 aromatic carbocycles. The Kier molecular flexibility index (Phi) is 5.27. The molecule has 1 aromatic heterocycles. The predicted molar refractivity (Wildman–Crippen MR) is 107 cm³/mol. The van der Waals surface area contributed by atoms with E-state index in [4.69, 9.17) is 20.3 Å². The molecule has 1 amide bonds. The van der Waals surface area contributed by atoms with E-state index < -0.39 is 0 Å². The van der Waals surface area contributed by atoms with Crippen LogP contribution in [0, 0.1) is 12.3 Å². The number of anilines is 2. The van der Waals surface area contributed by atoms with Gasteiger partial charge in [0.25, 0.3) is 5.91 Å². The maximum atomic E-state index is 12.8. The van der Waals surface area contributed by atoms with Gasteiger partial charge in [0.2, 0.25) is 0 Å². The number of aryl methyl sites for hydroxylation is 1. The molecule has 27 heavy (non-hydrogen) atoms. The van der Waals surface area contributed by atoms with E-state index in [1.165, 1.54) is 19.7 Å². The summed E-state index contributed by atoms with van der Waals surface area (Å²) in [6.45, 7) is 1.83. The van der Waals surface area contributed by atoms with Crippen LogP contribution in [0.15, 0.2) is 51.8 Å². The molecule has 0 spiro atoms. The minimum atomic E-state index is -0.326. The van der Waals surface area contributed by atoms with E-state index in [2.05, 4.69) is 26.2 Å². The van der Waals surface area contributed by atoms with Crippen molar-refractivity contribution in [3.63, 3.8) is 0 Å². The summed E-state index contributed by atoms with van der Waals surface area (Å²) in [5.74, 6) is 0.416. The zero-order valence-electron chi connectivity index (χ0n) is 14.7. The first-order valence-electron chi connectivity index (χ1n) is 7.94. The number of hydrogen-bond acceptors (Lipinski definition) is 6. The number of rotatable bonds is 5. The number of methoxy groups -OCH3 is 1. The highest BCUT2D eigenvalue weighted by molar-refractivity contribution is 9.10. The second kappa shape index (κ2) is 7.63. The highest BCUT2D eigenvalue weighted by atomic mass is 79.9. The van der Waals surface area contributed by atoms with Crippen molar-refractivity contribution in [2.24, 2.45) is 0 Å². The van der Waals surface area contributed by atoms with Crippen LogP contribution >= 0.6 is 15.9 Å². The van der Waals surface area contributed by atoms with Gasteiger partial charge in [0, 0.05) is 16.9 Å². The Balaban J connectivity index is 1.93. The number of nitrogens with one attached hydrogen (secondary N) is 2. The number of nitrogens with two attached hydrogens (primary N) is 1. The standard InChI is InChI=1S/C19H17BrN4O3/c1-10-3-5-13(20)18(26-2)16(10)19(25)24-11-4-6-14(21)12(7-11)17(22)15-8-23-9-27-15/h3-9,22H,21H2,1-2H3,(H,24,25). The quantitative estimate of drug-likeness (QED) is 0.419. The molecule has 0 fully saturated rings. The Hall–Kier alpha value is -3.13. The van der Waals surface area contributed by atoms with Crippen LogP contribution in [0.3, 0.4) is 0 Å². The Bertz CT molecular complexity index is 1020. The number of benzene rings is 2. The molecule has 0 aliphatic heterocycles. The summed E-state index contributed by atoms with van der Waals surface area (Å²) in [6, 6.07) is 8.57. The van der Waals surface area contributed by atoms with Crippen molar-refractivity contribution < 1.29 is 13.9 Å². The number of amides is 1. The predicted octanol–water partition coefficient (Wildman–Crippen LogP) is 4.00. The van der Waals surface area contributed by atoms with E-state index in [0.717, 1.165) is 5.56 Å². The maximum absolute atomic E-state index is 12.8. The van der Waals surface area contributed by atoms with Gasteiger partial charge in [0.05, 0.1) is 23.3 Å². The first-order chi connectivity index (χ1) is 12.9. The Morgan fingerprint density at radius 3 is 2.78 bits per heavy atom. The third-order valence-electron chi connectivity index (χ3n) is 4.01. The van der Waals surface area contributed by atoms with Crippen molar-refractivity contribution in [2.75, 3.05) is 18.2 Å². The Morgan fingerprint density at radius 2 is 2.11 bits per heavy atom. The van der Waals surface area contributed by atoms with Crippen molar-refractivity contribution in [1.29, 1.82) is 5.41 Å². The van der Waals surface area contributed by atoms with E-state index in [0.29, 0.717) is 32.7 Å². The summed E-state index contributed by atoms with van der Waals surface area (Å²) in [6.07, 6.45) is 2.68. The van der Waals surface area contributed by atoms with E-state index in [-0.39, 0.29) is 17.4 Å². The number of carbonyl (C=O) groups is 1. The van der Waals surface area contributed by atoms with Crippen LogP contribution in [-0.4, -0.2) is 23.7 Å². The summed E-state index contributed by atoms with van der Waals surface area (Å²) >= 11 is 3.39. The van der Waals surface area contributed by atoms with Gasteiger partial charge in [-0.05, 0) is 52.7 Å². The van der Waals surface area contributed by atoms with E-state index >= 15 is 0 Å². The van der Waals surface area contributed by atoms with Gasteiger partial charge in [-0.3, -0.25) is 10.2 Å². The zero-order valence-corrected chi connectivity index (χ0v) is 16.3. The van der Waals surface area contributed by atoms with Gasteiger partial charge in [0.1, 0.15) is 11.5 Å². The lowest BCUT2D eigenvalue weighted by molar-refractivity contribution is 0.102. The molecule has 0 radical (unpaired) electrons. The van der Waals surface area contributed by atoms with Gasteiger partial charge < -0.3 is 20.2 Å². The lowest BCUT2D eigenvalue weighted by Crippen LogP contribution is -2.16. The van der Waals surface area contributed by atoms with Gasteiger partial charge in [-0.2, -0.15) is 0 Å². The SMILES string of the molecule is COc1c(Br)ccc(C)c1C(=O)Nc1ccc(N)c(C(=N)c2cnco2)c1. The molecule has 0 saturated heterocycles. The fraction of sp³-hybridized carbons (Fsp3) is 0.105. The van der Waals surface area contributed by atoms with Crippen LogP contribution in [0.1, 0.15) is 27.2 Å². The number of nitrogen functional groups attached to an aromatic ring is 1. The second-order valence-corrected chi connectivity index (χ2v) is 6.62. The molecule has 1 heterocycles. The van der Waals surface area contributed by atoms with E-state index in [1.54, 1.807) is 18.2 Å². The monoisotopic (exact) mass is 428 g/mol. The molecule has 0 aliphatic carbocycles. The first kappa shape index (κ1) is 18.7. The largest absolute Gasteiger partial charge is 0.495 e. The summed E-state index contributed by atoms with van der Waals surface area (Å²) in [5.41, 5.74) is 8.59. The lowest BCUT2D eigenvalue weighted by atomic mass is 10.0. The van der Waals surface area contributed by atoms with Crippen LogP contribution < -0.4 is 15.8 Å². The van der Waals surface area contributed by atoms with Crippen molar-refractivity contribution in [1.82, 2.24) is 4.98 Å². The van der Waals surface area contributed by atoms with Crippen LogP contribution in [0.25, 0.3) is 0 Å². The van der Waals surface area contributed by atoms with Gasteiger partial charge in [-0.25, -0.2) is 4.98 Å².